The molecule has 31 heavy (non-hydrogen) atoms. The summed E-state index contributed by atoms with van der Waals surface area (Å²) in [6.07, 6.45) is 3.86. The van der Waals surface area contributed by atoms with E-state index in [-0.39, 0.29) is 0 Å². The molecule has 0 bridgehead atoms. The molecule has 5 rings (SSSR count). The van der Waals surface area contributed by atoms with Crippen molar-refractivity contribution < 1.29 is 4.74 Å². The zero-order valence-electron chi connectivity index (χ0n) is 16.9. The molecule has 0 saturated carbocycles. The molecule has 0 saturated heterocycles. The summed E-state index contributed by atoms with van der Waals surface area (Å²) < 4.78 is 5.89. The van der Waals surface area contributed by atoms with Gasteiger partial charge in [-0.1, -0.05) is 84.9 Å². The lowest BCUT2D eigenvalue weighted by Gasteiger charge is -2.05. The predicted octanol–water partition coefficient (Wildman–Crippen LogP) is 6.31. The Morgan fingerprint density at radius 3 is 2.13 bits per heavy atom. The number of aromatic nitrogens is 3. The van der Waals surface area contributed by atoms with Gasteiger partial charge in [-0.25, -0.2) is 0 Å². The zero-order chi connectivity index (χ0) is 20.9. The highest BCUT2D eigenvalue weighted by molar-refractivity contribution is 5.76. The van der Waals surface area contributed by atoms with Gasteiger partial charge in [-0.15, -0.1) is 10.2 Å². The first kappa shape index (κ1) is 18.8. The molecule has 4 aromatic carbocycles. The van der Waals surface area contributed by atoms with Gasteiger partial charge in [0.25, 0.3) is 0 Å². The van der Waals surface area contributed by atoms with Crippen LogP contribution in [0.3, 0.4) is 0 Å². The van der Waals surface area contributed by atoms with Gasteiger partial charge in [0.1, 0.15) is 23.4 Å². The molecule has 0 aliphatic carbocycles. The molecular formula is C27H21N3O. The minimum absolute atomic E-state index is 0.527. The molecule has 4 heteroatoms. The van der Waals surface area contributed by atoms with Crippen molar-refractivity contribution in [1.29, 1.82) is 0 Å². The van der Waals surface area contributed by atoms with E-state index in [0.717, 1.165) is 27.9 Å². The van der Waals surface area contributed by atoms with Crippen molar-refractivity contribution in [2.75, 3.05) is 0 Å². The molecule has 0 unspecified atom stereocenters. The van der Waals surface area contributed by atoms with Gasteiger partial charge >= 0.3 is 0 Å². The minimum atomic E-state index is 0.527. The summed E-state index contributed by atoms with van der Waals surface area (Å²) >= 11 is 0. The lowest BCUT2D eigenvalue weighted by atomic mass is 10.0. The molecule has 0 fully saturated rings. The maximum atomic E-state index is 5.89. The molecule has 1 heterocycles. The SMILES string of the molecule is C(=Cn1nc2ccc(OCc3ccccc3)cc2n1)c1ccc(-c2ccccc2)cc1. The minimum Gasteiger partial charge on any atom is -0.489 e. The highest BCUT2D eigenvalue weighted by Crippen LogP contribution is 2.21. The molecule has 0 N–H and O–H groups in total. The van der Waals surface area contributed by atoms with Crippen LogP contribution in [-0.2, 0) is 6.61 Å². The zero-order valence-corrected chi connectivity index (χ0v) is 16.9. The van der Waals surface area contributed by atoms with Crippen LogP contribution in [0.2, 0.25) is 0 Å². The normalized spacial score (nSPS) is 11.2. The highest BCUT2D eigenvalue weighted by Gasteiger charge is 2.04. The van der Waals surface area contributed by atoms with Crippen LogP contribution in [0.5, 0.6) is 5.75 Å². The Labute approximate surface area is 181 Å². The van der Waals surface area contributed by atoms with E-state index in [2.05, 4.69) is 58.7 Å². The molecular weight excluding hydrogens is 382 g/mol. The van der Waals surface area contributed by atoms with Gasteiger partial charge < -0.3 is 4.74 Å². The lowest BCUT2D eigenvalue weighted by molar-refractivity contribution is 0.306. The summed E-state index contributed by atoms with van der Waals surface area (Å²) in [7, 11) is 0. The quantitative estimate of drug-likeness (QED) is 0.334. The van der Waals surface area contributed by atoms with Gasteiger partial charge in [0.15, 0.2) is 0 Å². The Morgan fingerprint density at radius 2 is 1.35 bits per heavy atom. The van der Waals surface area contributed by atoms with Crippen molar-refractivity contribution in [3.05, 3.63) is 114 Å². The van der Waals surface area contributed by atoms with Gasteiger partial charge in [0, 0.05) is 6.07 Å². The van der Waals surface area contributed by atoms with Crippen molar-refractivity contribution in [2.45, 2.75) is 6.61 Å². The van der Waals surface area contributed by atoms with Crippen molar-refractivity contribution in [3.8, 4) is 16.9 Å². The summed E-state index contributed by atoms with van der Waals surface area (Å²) in [4.78, 5) is 1.59. The van der Waals surface area contributed by atoms with Crippen LogP contribution < -0.4 is 4.74 Å². The maximum absolute atomic E-state index is 5.89. The van der Waals surface area contributed by atoms with Crippen LogP contribution in [0.25, 0.3) is 34.4 Å². The van der Waals surface area contributed by atoms with Gasteiger partial charge in [-0.2, -0.15) is 4.80 Å². The molecule has 0 aliphatic rings. The average Bonchev–Trinajstić information content (AvgIpc) is 3.25. The van der Waals surface area contributed by atoms with Gasteiger partial charge in [-0.3, -0.25) is 0 Å². The Balaban J connectivity index is 1.28. The fourth-order valence-corrected chi connectivity index (χ4v) is 3.38. The number of hydrogen-bond acceptors (Lipinski definition) is 3. The Bertz CT molecular complexity index is 1310. The largest absolute Gasteiger partial charge is 0.489 e. The number of nitrogens with zero attached hydrogens (tertiary/aromatic N) is 3. The highest BCUT2D eigenvalue weighted by atomic mass is 16.5. The first-order valence-electron chi connectivity index (χ1n) is 10.2. The first-order valence-corrected chi connectivity index (χ1v) is 10.2. The van der Waals surface area contributed by atoms with E-state index >= 15 is 0 Å². The van der Waals surface area contributed by atoms with Crippen molar-refractivity contribution >= 4 is 23.3 Å². The fourth-order valence-electron chi connectivity index (χ4n) is 3.38. The van der Waals surface area contributed by atoms with Crippen LogP contribution in [0.1, 0.15) is 11.1 Å². The Kier molecular flexibility index (Phi) is 5.27. The first-order chi connectivity index (χ1) is 15.3. The summed E-state index contributed by atoms with van der Waals surface area (Å²) in [5, 5.41) is 9.06. The van der Waals surface area contributed by atoms with E-state index < -0.39 is 0 Å². The monoisotopic (exact) mass is 403 g/mol. The number of rotatable bonds is 6. The third kappa shape index (κ3) is 4.54. The Morgan fingerprint density at radius 1 is 0.677 bits per heavy atom. The fraction of sp³-hybridized carbons (Fsp3) is 0.0370. The topological polar surface area (TPSA) is 39.9 Å². The Hall–Kier alpha value is -4.18. The summed E-state index contributed by atoms with van der Waals surface area (Å²) in [5.41, 5.74) is 6.26. The van der Waals surface area contributed by atoms with E-state index in [1.54, 1.807) is 4.80 Å². The number of ether oxygens (including phenoxy) is 1. The second-order valence-electron chi connectivity index (χ2n) is 7.25. The standard InChI is InChI=1S/C27H21N3O/c1-3-7-22(8-4-1)20-31-25-15-16-26-27(19-25)29-30(28-26)18-17-21-11-13-24(14-12-21)23-9-5-2-6-10-23/h1-19H,20H2. The van der Waals surface area contributed by atoms with E-state index in [4.69, 9.17) is 4.74 Å². The lowest BCUT2D eigenvalue weighted by Crippen LogP contribution is -1.94. The smallest absolute Gasteiger partial charge is 0.122 e. The molecule has 0 radical (unpaired) electrons. The van der Waals surface area contributed by atoms with Crippen LogP contribution in [0.4, 0.5) is 0 Å². The van der Waals surface area contributed by atoms with Crippen LogP contribution in [0, 0.1) is 0 Å². The molecule has 4 nitrogen and oxygen atoms in total. The van der Waals surface area contributed by atoms with E-state index in [9.17, 15) is 0 Å². The molecule has 0 aliphatic heterocycles. The molecule has 150 valence electrons. The molecule has 0 amide bonds. The predicted molar refractivity (Wildman–Crippen MR) is 125 cm³/mol. The summed E-state index contributed by atoms with van der Waals surface area (Å²) in [6, 6.07) is 34.7. The average molecular weight is 403 g/mol. The molecule has 0 spiro atoms. The van der Waals surface area contributed by atoms with E-state index in [1.807, 2.05) is 66.9 Å². The molecule has 1 aromatic heterocycles. The van der Waals surface area contributed by atoms with Crippen molar-refractivity contribution in [3.63, 3.8) is 0 Å². The third-order valence-electron chi connectivity index (χ3n) is 5.03. The van der Waals surface area contributed by atoms with Gasteiger partial charge in [0.2, 0.25) is 0 Å². The third-order valence-corrected chi connectivity index (χ3v) is 5.03. The van der Waals surface area contributed by atoms with Crippen molar-refractivity contribution in [1.82, 2.24) is 15.0 Å². The van der Waals surface area contributed by atoms with E-state index in [0.29, 0.717) is 6.61 Å². The number of hydrogen-bond donors (Lipinski definition) is 0. The van der Waals surface area contributed by atoms with Crippen LogP contribution in [-0.4, -0.2) is 15.0 Å². The maximum Gasteiger partial charge on any atom is 0.122 e. The molecule has 5 aromatic rings. The van der Waals surface area contributed by atoms with Crippen LogP contribution >= 0.6 is 0 Å². The van der Waals surface area contributed by atoms with Crippen molar-refractivity contribution in [2.24, 2.45) is 0 Å². The number of fused-ring (bicyclic) bond motifs is 1. The number of benzene rings is 4. The van der Waals surface area contributed by atoms with Gasteiger partial charge in [-0.05, 0) is 40.5 Å². The molecule has 0 atom stereocenters. The second kappa shape index (κ2) is 8.67. The van der Waals surface area contributed by atoms with E-state index in [1.165, 1.54) is 11.1 Å². The second-order valence-corrected chi connectivity index (χ2v) is 7.25. The summed E-state index contributed by atoms with van der Waals surface area (Å²) in [6.45, 7) is 0.527. The van der Waals surface area contributed by atoms with Crippen LogP contribution in [0.15, 0.2) is 103 Å². The van der Waals surface area contributed by atoms with Gasteiger partial charge in [0.05, 0.1) is 6.20 Å². The summed E-state index contributed by atoms with van der Waals surface area (Å²) in [5.74, 6) is 0.781.